The molecule has 2 saturated heterocycles. The van der Waals surface area contributed by atoms with E-state index in [0.29, 0.717) is 16.0 Å². The molecule has 3 aromatic rings. The van der Waals surface area contributed by atoms with E-state index in [1.54, 1.807) is 76.2 Å². The molecule has 6 rings (SSSR count). The van der Waals surface area contributed by atoms with Gasteiger partial charge in [-0.25, -0.2) is 14.4 Å². The number of β-lactam (4-membered cyclic amide) rings is 1. The maximum atomic E-state index is 14.5. The van der Waals surface area contributed by atoms with Gasteiger partial charge in [-0.05, 0) is 56.5 Å². The van der Waals surface area contributed by atoms with E-state index in [1.165, 1.54) is 43.2 Å². The van der Waals surface area contributed by atoms with Gasteiger partial charge < -0.3 is 34.5 Å². The summed E-state index contributed by atoms with van der Waals surface area (Å²) < 4.78 is 22.5. The molecule has 0 aliphatic carbocycles. The lowest BCUT2D eigenvalue weighted by Gasteiger charge is -2.56. The molecule has 0 bridgehead atoms. The summed E-state index contributed by atoms with van der Waals surface area (Å²) in [6, 6.07) is 21.0. The summed E-state index contributed by atoms with van der Waals surface area (Å²) in [4.78, 5) is 110. The molecule has 0 aromatic heterocycles. The monoisotopic (exact) mass is 884 g/mol. The van der Waals surface area contributed by atoms with Gasteiger partial charge in [-0.15, -0.1) is 11.8 Å². The van der Waals surface area contributed by atoms with Gasteiger partial charge in [-0.3, -0.25) is 39.1 Å². The largest absolute Gasteiger partial charge is 0.461 e. The normalized spacial score (nSPS) is 19.1. The zero-order valence-corrected chi connectivity index (χ0v) is 36.3. The first-order valence-electron chi connectivity index (χ1n) is 20.0. The molecule has 3 heterocycles. The Labute approximate surface area is 367 Å². The van der Waals surface area contributed by atoms with Crippen LogP contribution in [-0.4, -0.2) is 118 Å². The predicted octanol–water partition coefficient (Wildman–Crippen LogP) is 4.00. The summed E-state index contributed by atoms with van der Waals surface area (Å²) in [5.41, 5.74) is -1.10. The van der Waals surface area contributed by atoms with Crippen LogP contribution in [-0.2, 0) is 47.7 Å². The van der Waals surface area contributed by atoms with E-state index < -0.39 is 76.5 Å². The van der Waals surface area contributed by atoms with Crippen molar-refractivity contribution in [2.45, 2.75) is 63.5 Å². The number of thioether (sulfide) groups is 1. The number of imide groups is 1. The number of fused-ring (bicyclic) bond motifs is 1. The molecule has 18 nitrogen and oxygen atoms in total. The molecule has 19 heteroatoms. The number of nitrogens with zero attached hydrogens (tertiary/aromatic N) is 3. The first-order valence-corrected chi connectivity index (χ1v) is 21.0. The highest BCUT2D eigenvalue weighted by Crippen LogP contribution is 2.47. The molecule has 3 atom stereocenters. The Morgan fingerprint density at radius 1 is 0.857 bits per heavy atom. The van der Waals surface area contributed by atoms with E-state index in [1.807, 2.05) is 12.1 Å². The first kappa shape index (κ1) is 45.8. The molecule has 0 radical (unpaired) electrons. The zero-order chi connectivity index (χ0) is 45.6. The van der Waals surface area contributed by atoms with Crippen molar-refractivity contribution in [2.24, 2.45) is 0 Å². The number of hydrogen-bond acceptors (Lipinski definition) is 13. The fourth-order valence-corrected chi connectivity index (χ4v) is 8.51. The first-order chi connectivity index (χ1) is 30.0. The van der Waals surface area contributed by atoms with Crippen LogP contribution in [0.4, 0.5) is 15.3 Å². The van der Waals surface area contributed by atoms with Crippen molar-refractivity contribution in [1.82, 2.24) is 25.3 Å². The molecule has 3 aliphatic heterocycles. The summed E-state index contributed by atoms with van der Waals surface area (Å²) in [7, 11) is 1.19. The number of carbonyl (C=O) groups excluding carboxylic acids is 8. The maximum Gasteiger partial charge on any atom is 0.412 e. The van der Waals surface area contributed by atoms with Gasteiger partial charge in [0, 0.05) is 50.7 Å². The van der Waals surface area contributed by atoms with Crippen LogP contribution >= 0.6 is 11.8 Å². The van der Waals surface area contributed by atoms with Crippen molar-refractivity contribution in [2.75, 3.05) is 44.4 Å². The molecule has 2 fully saturated rings. The Balaban J connectivity index is 1.30. The number of nitrogens with one attached hydrogen (secondary N) is 3. The second-order valence-electron chi connectivity index (χ2n) is 15.6. The number of likely N-dealkylation sites (N-methyl/N-ethyl adjacent to an activating group) is 1. The number of hydrogen-bond donors (Lipinski definition) is 3. The van der Waals surface area contributed by atoms with Gasteiger partial charge in [-0.1, -0.05) is 72.8 Å². The molecule has 3 aromatic carbocycles. The lowest BCUT2D eigenvalue weighted by molar-refractivity contribution is -0.193. The number of anilines is 1. The molecule has 332 valence electrons. The maximum absolute atomic E-state index is 14.5. The molecular formula is C44H48N6O12S. The van der Waals surface area contributed by atoms with Crippen molar-refractivity contribution < 1.29 is 57.3 Å². The lowest BCUT2D eigenvalue weighted by Crippen LogP contribution is -2.81. The Kier molecular flexibility index (Phi) is 13.9. The van der Waals surface area contributed by atoms with E-state index in [-0.39, 0.29) is 54.5 Å². The molecule has 3 N–H and O–H groups in total. The predicted molar refractivity (Wildman–Crippen MR) is 227 cm³/mol. The topological polar surface area (TPSA) is 219 Å². The minimum absolute atomic E-state index is 0.0423. The van der Waals surface area contributed by atoms with Gasteiger partial charge in [0.1, 0.15) is 29.3 Å². The fraction of sp³-hybridized carbons (Fsp3) is 0.364. The van der Waals surface area contributed by atoms with Crippen LogP contribution in [0.25, 0.3) is 0 Å². The van der Waals surface area contributed by atoms with E-state index in [0.717, 1.165) is 16.7 Å². The van der Waals surface area contributed by atoms with Crippen LogP contribution in [0.1, 0.15) is 63.5 Å². The highest BCUT2D eigenvalue weighted by molar-refractivity contribution is 8.00. The molecule has 63 heavy (non-hydrogen) atoms. The Morgan fingerprint density at radius 3 is 2.03 bits per heavy atom. The number of benzene rings is 3. The average molecular weight is 885 g/mol. The van der Waals surface area contributed by atoms with Gasteiger partial charge in [-0.2, -0.15) is 0 Å². The Hall–Kier alpha value is -6.73. The summed E-state index contributed by atoms with van der Waals surface area (Å²) in [5.74, 6) is -5.31. The lowest BCUT2D eigenvalue weighted by atomic mass is 9.96. The summed E-state index contributed by atoms with van der Waals surface area (Å²) in [6.07, 6.45) is -1.64. The Bertz CT molecular complexity index is 2260. The second kappa shape index (κ2) is 19.1. The Morgan fingerprint density at radius 2 is 1.48 bits per heavy atom. The molecule has 0 saturated carbocycles. The van der Waals surface area contributed by atoms with Crippen molar-refractivity contribution in [3.05, 3.63) is 113 Å². The second-order valence-corrected chi connectivity index (χ2v) is 16.6. The number of rotatable bonds is 13. The van der Waals surface area contributed by atoms with Gasteiger partial charge >= 0.3 is 35.9 Å². The third kappa shape index (κ3) is 9.99. The van der Waals surface area contributed by atoms with Crippen LogP contribution in [0.5, 0.6) is 0 Å². The van der Waals surface area contributed by atoms with Crippen LogP contribution in [0.3, 0.4) is 0 Å². The number of esters is 2. The van der Waals surface area contributed by atoms with Crippen molar-refractivity contribution >= 4 is 65.1 Å². The fourth-order valence-electron chi connectivity index (χ4n) is 7.09. The number of carbonyl (C=O) groups is 8. The summed E-state index contributed by atoms with van der Waals surface area (Å²) in [6.45, 7) is 7.83. The van der Waals surface area contributed by atoms with Crippen LogP contribution < -0.4 is 16.0 Å². The van der Waals surface area contributed by atoms with Crippen molar-refractivity contribution in [3.63, 3.8) is 0 Å². The van der Waals surface area contributed by atoms with Crippen molar-refractivity contribution in [1.29, 1.82) is 0 Å². The number of ether oxygens (including phenoxy) is 4. The molecular weight excluding hydrogens is 837 g/mol. The number of piperazine rings is 1. The summed E-state index contributed by atoms with van der Waals surface area (Å²) in [5, 5.41) is 6.68. The van der Waals surface area contributed by atoms with Gasteiger partial charge in [0.05, 0.1) is 0 Å². The number of methoxy groups -OCH3 is 1. The SMILES string of the molecule is CCN1CCN(C(=O)N[C@@H](C(=O)N[C@]2(OC)C(=O)N3C(C(=O)OC(c4ccccc4)c4ccccc4)=C(COC(C)=O)CS[C@@H]32)c2ccc(NC(=O)OC(C)(C)C)cc2)C(=O)C1=O. The molecule has 7 amide bonds. The van der Waals surface area contributed by atoms with Crippen LogP contribution in [0.15, 0.2) is 96.2 Å². The van der Waals surface area contributed by atoms with Gasteiger partial charge in [0.2, 0.25) is 5.91 Å². The average Bonchev–Trinajstić information content (AvgIpc) is 3.26. The third-order valence-electron chi connectivity index (χ3n) is 10.2. The van der Waals surface area contributed by atoms with E-state index in [9.17, 15) is 38.4 Å². The molecule has 0 spiro atoms. The standard InChI is InChI=1S/C44H48N6O12S/c1-7-48-22-23-49(37(54)36(48)53)41(57)46-32(27-18-20-31(21-19-27)45-42(58)62-43(3,4)5)35(52)47-44(59-6)39(56)50-33(30(24-60-26(2)51)25-63-40(44)50)38(55)61-34(28-14-10-8-11-15-28)29-16-12-9-13-17-29/h8-21,32,34,40H,7,22-25H2,1-6H3,(H,45,58)(H,46,57)(H,47,52)/t32-,40-,44+/m1/s1. The van der Waals surface area contributed by atoms with E-state index >= 15 is 0 Å². The molecule has 0 unspecified atom stereocenters. The van der Waals surface area contributed by atoms with Gasteiger partial charge in [0.15, 0.2) is 6.10 Å². The van der Waals surface area contributed by atoms with Crippen LogP contribution in [0, 0.1) is 0 Å². The zero-order valence-electron chi connectivity index (χ0n) is 35.5. The minimum atomic E-state index is -2.11. The number of amides is 7. The smallest absolute Gasteiger partial charge is 0.412 e. The highest BCUT2D eigenvalue weighted by Gasteiger charge is 2.67. The minimum Gasteiger partial charge on any atom is -0.461 e. The highest BCUT2D eigenvalue weighted by atomic mass is 32.2. The van der Waals surface area contributed by atoms with Crippen molar-refractivity contribution in [3.8, 4) is 0 Å². The molecule has 3 aliphatic rings. The quantitative estimate of drug-likeness (QED) is 0.0728. The van der Waals surface area contributed by atoms with Crippen LogP contribution in [0.2, 0.25) is 0 Å². The third-order valence-corrected chi connectivity index (χ3v) is 11.5. The van der Waals surface area contributed by atoms with E-state index in [2.05, 4.69) is 16.0 Å². The summed E-state index contributed by atoms with van der Waals surface area (Å²) >= 11 is 1.12. The van der Waals surface area contributed by atoms with Gasteiger partial charge in [0.25, 0.3) is 11.6 Å². The van der Waals surface area contributed by atoms with E-state index in [4.69, 9.17) is 18.9 Å². The number of urea groups is 1.